The fraction of sp³-hybridized carbons (Fsp3) is 0.308. The summed E-state index contributed by atoms with van der Waals surface area (Å²) in [6.07, 6.45) is 0.657. The van der Waals surface area contributed by atoms with Gasteiger partial charge in [0.2, 0.25) is 0 Å². The van der Waals surface area contributed by atoms with E-state index in [9.17, 15) is 5.11 Å². The van der Waals surface area contributed by atoms with Crippen LogP contribution in [0.15, 0.2) is 91.0 Å². The molecule has 2 nitrogen and oxygen atoms in total. The van der Waals surface area contributed by atoms with E-state index in [1.165, 1.54) is 16.7 Å². The quantitative estimate of drug-likeness (QED) is 0.651. The van der Waals surface area contributed by atoms with Crippen LogP contribution in [0.1, 0.15) is 42.6 Å². The topological polar surface area (TPSA) is 32.3 Å². The second-order valence-corrected chi connectivity index (χ2v) is 8.17. The van der Waals surface area contributed by atoms with Crippen LogP contribution in [0.5, 0.6) is 0 Å². The molecule has 0 spiro atoms. The highest BCUT2D eigenvalue weighted by atomic mass is 16.3. The minimum absolute atomic E-state index is 0.0741. The van der Waals surface area contributed by atoms with E-state index in [-0.39, 0.29) is 23.9 Å². The maximum atomic E-state index is 12.1. The van der Waals surface area contributed by atoms with Gasteiger partial charge in [-0.3, -0.25) is 0 Å². The zero-order valence-electron chi connectivity index (χ0n) is 16.6. The van der Waals surface area contributed by atoms with E-state index in [4.69, 9.17) is 0 Å². The van der Waals surface area contributed by atoms with E-state index < -0.39 is 5.60 Å². The van der Waals surface area contributed by atoms with Crippen molar-refractivity contribution in [2.75, 3.05) is 0 Å². The highest BCUT2D eigenvalue weighted by molar-refractivity contribution is 5.29. The van der Waals surface area contributed by atoms with Crippen LogP contribution in [0.25, 0.3) is 0 Å². The van der Waals surface area contributed by atoms with Gasteiger partial charge in [-0.15, -0.1) is 0 Å². The molecule has 0 unspecified atom stereocenters. The monoisotopic (exact) mass is 371 g/mol. The van der Waals surface area contributed by atoms with Crippen molar-refractivity contribution in [1.29, 1.82) is 0 Å². The van der Waals surface area contributed by atoms with E-state index >= 15 is 0 Å². The number of rotatable bonds is 4. The number of hydrogen-bond acceptors (Lipinski definition) is 2. The summed E-state index contributed by atoms with van der Waals surface area (Å²) in [5, 5.41) is 16.0. The van der Waals surface area contributed by atoms with Crippen molar-refractivity contribution in [3.63, 3.8) is 0 Å². The average Bonchev–Trinajstić information content (AvgIpc) is 2.75. The first kappa shape index (κ1) is 18.9. The first-order valence-electron chi connectivity index (χ1n) is 10.2. The molecule has 4 rings (SSSR count). The van der Waals surface area contributed by atoms with E-state index in [0.29, 0.717) is 6.42 Å². The molecule has 1 aliphatic rings. The molecule has 144 valence electrons. The molecular weight excluding hydrogens is 342 g/mol. The summed E-state index contributed by atoms with van der Waals surface area (Å²) in [4.78, 5) is 0. The van der Waals surface area contributed by atoms with Crippen LogP contribution >= 0.6 is 0 Å². The van der Waals surface area contributed by atoms with Gasteiger partial charge in [-0.05, 0) is 16.7 Å². The van der Waals surface area contributed by atoms with Crippen LogP contribution in [0.2, 0.25) is 0 Å². The van der Waals surface area contributed by atoms with Gasteiger partial charge in [0.1, 0.15) is 0 Å². The van der Waals surface area contributed by atoms with Crippen molar-refractivity contribution in [1.82, 2.24) is 5.32 Å². The van der Waals surface area contributed by atoms with Crippen LogP contribution < -0.4 is 5.32 Å². The Morgan fingerprint density at radius 3 is 1.50 bits per heavy atom. The lowest BCUT2D eigenvalue weighted by molar-refractivity contribution is -0.110. The Morgan fingerprint density at radius 2 is 1.07 bits per heavy atom. The average molecular weight is 372 g/mol. The molecule has 0 amide bonds. The molecule has 0 aliphatic carbocycles. The van der Waals surface area contributed by atoms with Crippen molar-refractivity contribution in [2.45, 2.75) is 38.0 Å². The maximum Gasteiger partial charge on any atom is 0.0774 e. The largest absolute Gasteiger partial charge is 0.389 e. The predicted molar refractivity (Wildman–Crippen MR) is 115 cm³/mol. The zero-order valence-corrected chi connectivity index (χ0v) is 16.6. The summed E-state index contributed by atoms with van der Waals surface area (Å²) in [6, 6.07) is 31.6. The Kier molecular flexibility index (Phi) is 5.34. The molecule has 1 aliphatic heterocycles. The predicted octanol–water partition coefficient (Wildman–Crippen LogP) is 5.32. The van der Waals surface area contributed by atoms with Gasteiger partial charge in [-0.1, -0.05) is 105 Å². The number of piperidine rings is 1. The van der Waals surface area contributed by atoms with Gasteiger partial charge >= 0.3 is 0 Å². The van der Waals surface area contributed by atoms with Crippen LogP contribution in [-0.4, -0.2) is 10.7 Å². The fourth-order valence-electron chi connectivity index (χ4n) is 4.81. The Balaban J connectivity index is 1.76. The molecule has 2 heteroatoms. The lowest BCUT2D eigenvalue weighted by Crippen LogP contribution is -2.58. The van der Waals surface area contributed by atoms with Crippen LogP contribution in [0.4, 0.5) is 0 Å². The molecule has 0 saturated carbocycles. The summed E-state index contributed by atoms with van der Waals surface area (Å²) in [5.74, 6) is 0.148. The first-order chi connectivity index (χ1) is 13.6. The normalized spacial score (nSPS) is 30.1. The zero-order chi connectivity index (χ0) is 19.6. The SMILES string of the molecule is C[C@H]1[C@@H](c2ccccc2)N[C@H](c2ccccc2)[C@H](C)C1(O)Cc1ccccc1. The van der Waals surface area contributed by atoms with E-state index in [2.05, 4.69) is 92.0 Å². The minimum atomic E-state index is -0.812. The summed E-state index contributed by atoms with van der Waals surface area (Å²) < 4.78 is 0. The Hall–Kier alpha value is -2.42. The van der Waals surface area contributed by atoms with Crippen molar-refractivity contribution < 1.29 is 5.11 Å². The maximum absolute atomic E-state index is 12.1. The second kappa shape index (κ2) is 7.90. The van der Waals surface area contributed by atoms with E-state index in [1.807, 2.05) is 18.2 Å². The Labute approximate surface area is 168 Å². The summed E-state index contributed by atoms with van der Waals surface area (Å²) in [5.41, 5.74) is 2.83. The molecule has 2 N–H and O–H groups in total. The third-order valence-corrected chi connectivity index (χ3v) is 6.58. The molecule has 3 aromatic rings. The number of aliphatic hydroxyl groups is 1. The van der Waals surface area contributed by atoms with Crippen LogP contribution in [0, 0.1) is 11.8 Å². The number of hydrogen-bond donors (Lipinski definition) is 2. The summed E-state index contributed by atoms with van der Waals surface area (Å²) >= 11 is 0. The van der Waals surface area contributed by atoms with Gasteiger partial charge in [-0.2, -0.15) is 0 Å². The molecule has 1 heterocycles. The van der Waals surface area contributed by atoms with Crippen molar-refractivity contribution in [3.05, 3.63) is 108 Å². The van der Waals surface area contributed by atoms with Gasteiger partial charge in [0.15, 0.2) is 0 Å². The van der Waals surface area contributed by atoms with Crippen molar-refractivity contribution >= 4 is 0 Å². The van der Waals surface area contributed by atoms with Gasteiger partial charge in [0.05, 0.1) is 5.60 Å². The molecule has 3 aromatic carbocycles. The standard InChI is InChI=1S/C26H29NO/c1-19-24(22-14-8-4-9-15-22)27-25(23-16-10-5-11-17-23)20(2)26(19,28)18-21-12-6-3-7-13-21/h3-17,19-20,24-25,27-28H,18H2,1-2H3/t19-,20-,24-,25-/m0/s1. The van der Waals surface area contributed by atoms with Crippen molar-refractivity contribution in [2.24, 2.45) is 11.8 Å². The second-order valence-electron chi connectivity index (χ2n) is 8.17. The number of benzene rings is 3. The molecule has 0 aromatic heterocycles. The van der Waals surface area contributed by atoms with Gasteiger partial charge in [0, 0.05) is 30.3 Å². The summed E-state index contributed by atoms with van der Waals surface area (Å²) in [6.45, 7) is 4.37. The molecule has 4 atom stereocenters. The first-order valence-corrected chi connectivity index (χ1v) is 10.2. The van der Waals surface area contributed by atoms with Crippen LogP contribution in [0.3, 0.4) is 0 Å². The minimum Gasteiger partial charge on any atom is -0.389 e. The molecular formula is C26H29NO. The van der Waals surface area contributed by atoms with E-state index in [0.717, 1.165) is 0 Å². The summed E-state index contributed by atoms with van der Waals surface area (Å²) in [7, 11) is 0. The third kappa shape index (κ3) is 3.50. The van der Waals surface area contributed by atoms with Crippen molar-refractivity contribution in [3.8, 4) is 0 Å². The van der Waals surface area contributed by atoms with Crippen LogP contribution in [-0.2, 0) is 6.42 Å². The molecule has 0 radical (unpaired) electrons. The Morgan fingerprint density at radius 1 is 0.679 bits per heavy atom. The smallest absolute Gasteiger partial charge is 0.0774 e. The fourth-order valence-corrected chi connectivity index (χ4v) is 4.81. The molecule has 0 bridgehead atoms. The highest BCUT2D eigenvalue weighted by Gasteiger charge is 2.51. The molecule has 28 heavy (non-hydrogen) atoms. The van der Waals surface area contributed by atoms with E-state index in [1.54, 1.807) is 0 Å². The molecule has 1 saturated heterocycles. The third-order valence-electron chi connectivity index (χ3n) is 6.58. The van der Waals surface area contributed by atoms with Gasteiger partial charge < -0.3 is 10.4 Å². The molecule has 1 fully saturated rings. The lowest BCUT2D eigenvalue weighted by Gasteiger charge is -2.52. The Bertz CT molecular complexity index is 827. The van der Waals surface area contributed by atoms with Gasteiger partial charge in [0.25, 0.3) is 0 Å². The van der Waals surface area contributed by atoms with Gasteiger partial charge in [-0.25, -0.2) is 0 Å². The highest BCUT2D eigenvalue weighted by Crippen LogP contribution is 2.48. The lowest BCUT2D eigenvalue weighted by atomic mass is 9.64. The number of nitrogens with one attached hydrogen (secondary N) is 1.